The van der Waals surface area contributed by atoms with Crippen LogP contribution in [0.15, 0.2) is 22.7 Å². The van der Waals surface area contributed by atoms with Gasteiger partial charge in [0.2, 0.25) is 0 Å². The van der Waals surface area contributed by atoms with Gasteiger partial charge in [0.25, 0.3) is 0 Å². The van der Waals surface area contributed by atoms with E-state index in [9.17, 15) is 0 Å². The molecular weight excluding hydrogens is 324 g/mol. The van der Waals surface area contributed by atoms with E-state index in [4.69, 9.17) is 0 Å². The average Bonchev–Trinajstić information content (AvgIpc) is 2.51. The molecule has 1 N–H and O–H groups in total. The summed E-state index contributed by atoms with van der Waals surface area (Å²) in [5.74, 6) is 0.967. The molecule has 2 nitrogen and oxygen atoms in total. The van der Waals surface area contributed by atoms with E-state index in [0.29, 0.717) is 0 Å². The maximum Gasteiger partial charge on any atom is 0.0247 e. The number of piperidine rings is 1. The molecule has 1 saturated carbocycles. The molecule has 1 aliphatic heterocycles. The van der Waals surface area contributed by atoms with Gasteiger partial charge in [-0.15, -0.1) is 0 Å². The van der Waals surface area contributed by atoms with Crippen LogP contribution >= 0.6 is 15.9 Å². The Hall–Kier alpha value is -0.380. The second kappa shape index (κ2) is 7.26. The van der Waals surface area contributed by atoms with Gasteiger partial charge in [0.15, 0.2) is 0 Å². The molecular formula is C18H27BrN2. The van der Waals surface area contributed by atoms with Crippen LogP contribution in [-0.4, -0.2) is 24.5 Å². The maximum absolute atomic E-state index is 3.78. The largest absolute Gasteiger partial charge is 0.316 e. The molecule has 1 aliphatic carbocycles. The molecule has 0 unspecified atom stereocenters. The number of likely N-dealkylation sites (tertiary alicyclic amines) is 1. The Morgan fingerprint density at radius 3 is 2.81 bits per heavy atom. The lowest BCUT2D eigenvalue weighted by Gasteiger charge is -2.44. The molecule has 0 radical (unpaired) electrons. The van der Waals surface area contributed by atoms with Crippen molar-refractivity contribution >= 4 is 15.9 Å². The van der Waals surface area contributed by atoms with Crippen molar-refractivity contribution in [2.24, 2.45) is 5.92 Å². The van der Waals surface area contributed by atoms with Crippen molar-refractivity contribution in [3.05, 3.63) is 33.8 Å². The number of benzene rings is 1. The SMILES string of the molecule is CNCc1ccc(CN2CCC[C@H]3CCCC[C@H]32)c(Br)c1. The summed E-state index contributed by atoms with van der Waals surface area (Å²) < 4.78 is 1.27. The monoisotopic (exact) mass is 350 g/mol. The lowest BCUT2D eigenvalue weighted by Crippen LogP contribution is -2.46. The highest BCUT2D eigenvalue weighted by molar-refractivity contribution is 9.10. The normalized spacial score (nSPS) is 26.6. The van der Waals surface area contributed by atoms with Gasteiger partial charge in [-0.3, -0.25) is 4.90 Å². The predicted molar refractivity (Wildman–Crippen MR) is 92.3 cm³/mol. The molecule has 2 aliphatic rings. The van der Waals surface area contributed by atoms with Crippen molar-refractivity contribution in [3.63, 3.8) is 0 Å². The molecule has 21 heavy (non-hydrogen) atoms. The summed E-state index contributed by atoms with van der Waals surface area (Å²) in [6.45, 7) is 3.33. The van der Waals surface area contributed by atoms with Crippen LogP contribution in [0.5, 0.6) is 0 Å². The fourth-order valence-electron chi connectivity index (χ4n) is 4.18. The van der Waals surface area contributed by atoms with E-state index < -0.39 is 0 Å². The van der Waals surface area contributed by atoms with Crippen molar-refractivity contribution in [2.45, 2.75) is 57.7 Å². The Labute approximate surface area is 137 Å². The third-order valence-electron chi connectivity index (χ3n) is 5.23. The Balaban J connectivity index is 1.70. The minimum atomic E-state index is 0.844. The number of rotatable bonds is 4. The lowest BCUT2D eigenvalue weighted by atomic mass is 9.78. The summed E-state index contributed by atoms with van der Waals surface area (Å²) >= 11 is 3.78. The Kier molecular flexibility index (Phi) is 5.36. The van der Waals surface area contributed by atoms with Gasteiger partial charge in [0.05, 0.1) is 0 Å². The molecule has 1 saturated heterocycles. The highest BCUT2D eigenvalue weighted by atomic mass is 79.9. The number of nitrogens with zero attached hydrogens (tertiary/aromatic N) is 1. The number of hydrogen-bond acceptors (Lipinski definition) is 2. The summed E-state index contributed by atoms with van der Waals surface area (Å²) in [5.41, 5.74) is 2.79. The summed E-state index contributed by atoms with van der Waals surface area (Å²) in [4.78, 5) is 2.76. The zero-order chi connectivity index (χ0) is 14.7. The summed E-state index contributed by atoms with van der Waals surface area (Å²) in [7, 11) is 2.00. The summed E-state index contributed by atoms with van der Waals surface area (Å²) in [6.07, 6.45) is 8.61. The lowest BCUT2D eigenvalue weighted by molar-refractivity contribution is 0.0545. The first-order chi connectivity index (χ1) is 10.3. The topological polar surface area (TPSA) is 15.3 Å². The number of fused-ring (bicyclic) bond motifs is 1. The number of hydrogen-bond donors (Lipinski definition) is 1. The first-order valence-corrected chi connectivity index (χ1v) is 9.23. The first kappa shape index (κ1) is 15.5. The summed E-state index contributed by atoms with van der Waals surface area (Å²) in [6, 6.07) is 7.69. The molecule has 1 heterocycles. The molecule has 0 aromatic heterocycles. The highest BCUT2D eigenvalue weighted by Crippen LogP contribution is 2.36. The van der Waals surface area contributed by atoms with Gasteiger partial charge >= 0.3 is 0 Å². The molecule has 3 heteroatoms. The molecule has 2 atom stereocenters. The van der Waals surface area contributed by atoms with Gasteiger partial charge in [-0.05, 0) is 62.4 Å². The molecule has 0 spiro atoms. The summed E-state index contributed by atoms with van der Waals surface area (Å²) in [5, 5.41) is 3.22. The van der Waals surface area contributed by atoms with Crippen LogP contribution in [0.4, 0.5) is 0 Å². The van der Waals surface area contributed by atoms with Crippen LogP contribution < -0.4 is 5.32 Å². The predicted octanol–water partition coefficient (Wildman–Crippen LogP) is 4.32. The van der Waals surface area contributed by atoms with Crippen molar-refractivity contribution in [1.82, 2.24) is 10.2 Å². The van der Waals surface area contributed by atoms with Crippen molar-refractivity contribution in [1.29, 1.82) is 0 Å². The molecule has 1 aromatic rings. The highest BCUT2D eigenvalue weighted by Gasteiger charge is 2.33. The standard InChI is InChI=1S/C18H27BrN2/c1-20-12-14-8-9-16(17(19)11-14)13-21-10-4-6-15-5-2-3-7-18(15)21/h8-9,11,15,18,20H,2-7,10,12-13H2,1H3/t15-,18-/m1/s1. The van der Waals surface area contributed by atoms with Gasteiger partial charge in [-0.2, -0.15) is 0 Å². The fourth-order valence-corrected chi connectivity index (χ4v) is 4.73. The minimum absolute atomic E-state index is 0.844. The van der Waals surface area contributed by atoms with Crippen LogP contribution in [0.2, 0.25) is 0 Å². The molecule has 3 rings (SSSR count). The van der Waals surface area contributed by atoms with Crippen LogP contribution in [0.3, 0.4) is 0 Å². The molecule has 0 amide bonds. The quantitative estimate of drug-likeness (QED) is 0.869. The van der Waals surface area contributed by atoms with Gasteiger partial charge in [0.1, 0.15) is 0 Å². The van der Waals surface area contributed by atoms with Gasteiger partial charge in [0, 0.05) is 23.6 Å². The van der Waals surface area contributed by atoms with Gasteiger partial charge in [-0.1, -0.05) is 40.9 Å². The maximum atomic E-state index is 3.78. The van der Waals surface area contributed by atoms with Crippen molar-refractivity contribution < 1.29 is 0 Å². The first-order valence-electron chi connectivity index (χ1n) is 8.44. The third-order valence-corrected chi connectivity index (χ3v) is 5.97. The van der Waals surface area contributed by atoms with E-state index in [0.717, 1.165) is 25.0 Å². The zero-order valence-corrected chi connectivity index (χ0v) is 14.7. The number of nitrogens with one attached hydrogen (secondary N) is 1. The fraction of sp³-hybridized carbons (Fsp3) is 0.667. The van der Waals surface area contributed by atoms with E-state index in [1.807, 2.05) is 7.05 Å². The second-order valence-corrected chi connectivity index (χ2v) is 7.54. The van der Waals surface area contributed by atoms with Crippen molar-refractivity contribution in [3.8, 4) is 0 Å². The molecule has 0 bridgehead atoms. The number of halogens is 1. The minimum Gasteiger partial charge on any atom is -0.316 e. The van der Waals surface area contributed by atoms with E-state index in [-0.39, 0.29) is 0 Å². The van der Waals surface area contributed by atoms with Crippen molar-refractivity contribution in [2.75, 3.05) is 13.6 Å². The van der Waals surface area contributed by atoms with E-state index in [2.05, 4.69) is 44.3 Å². The van der Waals surface area contributed by atoms with Crippen LogP contribution in [0, 0.1) is 5.92 Å². The van der Waals surface area contributed by atoms with Gasteiger partial charge < -0.3 is 5.32 Å². The molecule has 2 fully saturated rings. The van der Waals surface area contributed by atoms with Crippen LogP contribution in [0.25, 0.3) is 0 Å². The molecule has 1 aromatic carbocycles. The third kappa shape index (κ3) is 3.69. The second-order valence-electron chi connectivity index (χ2n) is 6.68. The van der Waals surface area contributed by atoms with E-state index in [1.54, 1.807) is 0 Å². The smallest absolute Gasteiger partial charge is 0.0247 e. The van der Waals surface area contributed by atoms with Crippen LogP contribution in [0.1, 0.15) is 49.7 Å². The van der Waals surface area contributed by atoms with Gasteiger partial charge in [-0.25, -0.2) is 0 Å². The zero-order valence-electron chi connectivity index (χ0n) is 13.1. The average molecular weight is 351 g/mol. The Bertz CT molecular complexity index is 472. The van der Waals surface area contributed by atoms with E-state index in [1.165, 1.54) is 60.7 Å². The Morgan fingerprint density at radius 1 is 1.19 bits per heavy atom. The Morgan fingerprint density at radius 2 is 2.00 bits per heavy atom. The van der Waals surface area contributed by atoms with Crippen LogP contribution in [-0.2, 0) is 13.1 Å². The molecule has 116 valence electrons. The van der Waals surface area contributed by atoms with E-state index >= 15 is 0 Å².